The second kappa shape index (κ2) is 6.58. The van der Waals surface area contributed by atoms with E-state index in [9.17, 15) is 0 Å². The Hall–Kier alpha value is -1.31. The summed E-state index contributed by atoms with van der Waals surface area (Å²) in [6.07, 6.45) is 0. The molecule has 0 aliphatic rings. The summed E-state index contributed by atoms with van der Waals surface area (Å²) in [4.78, 5) is 7.22. The standard InChI is InChI=1S/C16H26N2/c1-12(2)17-16(15-10-8-7-9-11-15)18(13(3)4)14(5)6/h7-14H,1-6H3. The van der Waals surface area contributed by atoms with Gasteiger partial charge in [-0.2, -0.15) is 0 Å². The number of amidine groups is 1. The van der Waals surface area contributed by atoms with Crippen LogP contribution in [0.1, 0.15) is 47.1 Å². The van der Waals surface area contributed by atoms with Gasteiger partial charge in [-0.05, 0) is 41.5 Å². The average Bonchev–Trinajstić information content (AvgIpc) is 2.27. The first-order chi connectivity index (χ1) is 8.43. The zero-order valence-electron chi connectivity index (χ0n) is 12.5. The van der Waals surface area contributed by atoms with Crippen LogP contribution in [-0.4, -0.2) is 28.9 Å². The molecule has 0 spiro atoms. The van der Waals surface area contributed by atoms with Gasteiger partial charge in [0.2, 0.25) is 0 Å². The molecule has 0 radical (unpaired) electrons. The predicted molar refractivity (Wildman–Crippen MR) is 80.2 cm³/mol. The summed E-state index contributed by atoms with van der Waals surface area (Å²) in [7, 11) is 0. The third-order valence-corrected chi connectivity index (χ3v) is 2.77. The van der Waals surface area contributed by atoms with Gasteiger partial charge in [0.1, 0.15) is 5.84 Å². The molecule has 0 N–H and O–H groups in total. The van der Waals surface area contributed by atoms with Crippen LogP contribution in [0.2, 0.25) is 0 Å². The van der Waals surface area contributed by atoms with E-state index in [-0.39, 0.29) is 0 Å². The van der Waals surface area contributed by atoms with Crippen LogP contribution in [0.5, 0.6) is 0 Å². The molecule has 0 aliphatic heterocycles. The van der Waals surface area contributed by atoms with E-state index in [0.717, 1.165) is 5.84 Å². The van der Waals surface area contributed by atoms with Crippen molar-refractivity contribution in [1.29, 1.82) is 0 Å². The van der Waals surface area contributed by atoms with Gasteiger partial charge in [-0.3, -0.25) is 4.99 Å². The summed E-state index contributed by atoms with van der Waals surface area (Å²) in [5.74, 6) is 1.11. The third kappa shape index (κ3) is 3.86. The maximum atomic E-state index is 4.83. The molecule has 0 amide bonds. The molecule has 1 aromatic rings. The maximum Gasteiger partial charge on any atom is 0.131 e. The number of rotatable bonds is 4. The van der Waals surface area contributed by atoms with Crippen molar-refractivity contribution in [2.75, 3.05) is 0 Å². The molecular formula is C16H26N2. The molecule has 100 valence electrons. The van der Waals surface area contributed by atoms with Gasteiger partial charge in [-0.15, -0.1) is 0 Å². The number of benzene rings is 1. The lowest BCUT2D eigenvalue weighted by Gasteiger charge is -2.34. The van der Waals surface area contributed by atoms with Gasteiger partial charge < -0.3 is 4.90 Å². The molecule has 0 heterocycles. The van der Waals surface area contributed by atoms with E-state index in [0.29, 0.717) is 18.1 Å². The van der Waals surface area contributed by atoms with E-state index in [1.807, 2.05) is 6.07 Å². The van der Waals surface area contributed by atoms with Crippen LogP contribution in [0, 0.1) is 0 Å². The normalized spacial score (nSPS) is 12.6. The van der Waals surface area contributed by atoms with Gasteiger partial charge in [-0.1, -0.05) is 30.3 Å². The van der Waals surface area contributed by atoms with E-state index in [1.54, 1.807) is 0 Å². The van der Waals surface area contributed by atoms with Crippen LogP contribution in [0.15, 0.2) is 35.3 Å². The molecule has 0 aliphatic carbocycles. The molecule has 0 saturated heterocycles. The van der Waals surface area contributed by atoms with Crippen molar-refractivity contribution in [3.8, 4) is 0 Å². The Morgan fingerprint density at radius 1 is 0.889 bits per heavy atom. The number of hydrogen-bond acceptors (Lipinski definition) is 1. The fraction of sp³-hybridized carbons (Fsp3) is 0.562. The Labute approximate surface area is 112 Å². The highest BCUT2D eigenvalue weighted by molar-refractivity contribution is 5.99. The predicted octanol–water partition coefficient (Wildman–Crippen LogP) is 3.96. The number of nitrogens with zero attached hydrogens (tertiary/aromatic N) is 2. The first kappa shape index (κ1) is 14.7. The fourth-order valence-corrected chi connectivity index (χ4v) is 2.21. The van der Waals surface area contributed by atoms with E-state index in [2.05, 4.69) is 70.7 Å². The van der Waals surface area contributed by atoms with Crippen LogP contribution in [0.3, 0.4) is 0 Å². The molecule has 1 aromatic carbocycles. The molecule has 0 bridgehead atoms. The second-order valence-corrected chi connectivity index (χ2v) is 5.51. The number of hydrogen-bond donors (Lipinski definition) is 0. The van der Waals surface area contributed by atoms with Gasteiger partial charge in [-0.25, -0.2) is 0 Å². The highest BCUT2D eigenvalue weighted by atomic mass is 15.2. The number of aliphatic imine (C=N–C) groups is 1. The van der Waals surface area contributed by atoms with E-state index < -0.39 is 0 Å². The van der Waals surface area contributed by atoms with Crippen LogP contribution in [0.25, 0.3) is 0 Å². The quantitative estimate of drug-likeness (QED) is 0.580. The topological polar surface area (TPSA) is 15.6 Å². The van der Waals surface area contributed by atoms with Gasteiger partial charge >= 0.3 is 0 Å². The Morgan fingerprint density at radius 3 is 1.78 bits per heavy atom. The smallest absolute Gasteiger partial charge is 0.131 e. The molecule has 2 heteroatoms. The molecule has 0 atom stereocenters. The molecule has 0 unspecified atom stereocenters. The zero-order valence-corrected chi connectivity index (χ0v) is 12.5. The summed E-state index contributed by atoms with van der Waals surface area (Å²) >= 11 is 0. The molecule has 0 fully saturated rings. The van der Waals surface area contributed by atoms with Crippen molar-refractivity contribution in [3.05, 3.63) is 35.9 Å². The Balaban J connectivity index is 3.21. The molecule has 2 nitrogen and oxygen atoms in total. The summed E-state index contributed by atoms with van der Waals surface area (Å²) < 4.78 is 0. The highest BCUT2D eigenvalue weighted by Gasteiger charge is 2.19. The van der Waals surface area contributed by atoms with Gasteiger partial charge in [0, 0.05) is 23.7 Å². The van der Waals surface area contributed by atoms with Crippen LogP contribution in [-0.2, 0) is 0 Å². The minimum absolute atomic E-state index is 0.306. The highest BCUT2D eigenvalue weighted by Crippen LogP contribution is 2.14. The summed E-state index contributed by atoms with van der Waals surface area (Å²) in [6.45, 7) is 13.1. The molecule has 18 heavy (non-hydrogen) atoms. The Morgan fingerprint density at radius 2 is 1.39 bits per heavy atom. The first-order valence-corrected chi connectivity index (χ1v) is 6.85. The minimum Gasteiger partial charge on any atom is -0.352 e. The summed E-state index contributed by atoms with van der Waals surface area (Å²) in [5.41, 5.74) is 1.20. The average molecular weight is 246 g/mol. The van der Waals surface area contributed by atoms with Crippen LogP contribution >= 0.6 is 0 Å². The van der Waals surface area contributed by atoms with Crippen LogP contribution < -0.4 is 0 Å². The minimum atomic E-state index is 0.306. The lowest BCUT2D eigenvalue weighted by atomic mass is 10.1. The molecule has 1 rings (SSSR count). The van der Waals surface area contributed by atoms with E-state index in [1.165, 1.54) is 5.56 Å². The molecule has 0 aromatic heterocycles. The lowest BCUT2D eigenvalue weighted by Crippen LogP contribution is -2.43. The largest absolute Gasteiger partial charge is 0.352 e. The zero-order chi connectivity index (χ0) is 13.7. The van der Waals surface area contributed by atoms with Crippen molar-refractivity contribution in [2.45, 2.75) is 59.7 Å². The van der Waals surface area contributed by atoms with Crippen LogP contribution in [0.4, 0.5) is 0 Å². The third-order valence-electron chi connectivity index (χ3n) is 2.77. The van der Waals surface area contributed by atoms with Crippen molar-refractivity contribution < 1.29 is 0 Å². The lowest BCUT2D eigenvalue weighted by molar-refractivity contribution is 0.291. The van der Waals surface area contributed by atoms with Gasteiger partial charge in [0.15, 0.2) is 0 Å². The van der Waals surface area contributed by atoms with Crippen molar-refractivity contribution >= 4 is 5.84 Å². The van der Waals surface area contributed by atoms with Crippen molar-refractivity contribution in [3.63, 3.8) is 0 Å². The van der Waals surface area contributed by atoms with E-state index in [4.69, 9.17) is 4.99 Å². The monoisotopic (exact) mass is 246 g/mol. The Kier molecular flexibility index (Phi) is 5.39. The SMILES string of the molecule is CC(C)N=C(c1ccccc1)N(C(C)C)C(C)C. The van der Waals surface area contributed by atoms with Gasteiger partial charge in [0.05, 0.1) is 0 Å². The molecule has 0 saturated carbocycles. The maximum absolute atomic E-state index is 4.83. The molecular weight excluding hydrogens is 220 g/mol. The fourth-order valence-electron chi connectivity index (χ4n) is 2.21. The van der Waals surface area contributed by atoms with Crippen molar-refractivity contribution in [1.82, 2.24) is 4.90 Å². The summed E-state index contributed by atoms with van der Waals surface area (Å²) in [5, 5.41) is 0. The van der Waals surface area contributed by atoms with Crippen molar-refractivity contribution in [2.24, 2.45) is 4.99 Å². The first-order valence-electron chi connectivity index (χ1n) is 6.85. The Bertz CT molecular complexity index is 369. The second-order valence-electron chi connectivity index (χ2n) is 5.51. The van der Waals surface area contributed by atoms with Gasteiger partial charge in [0.25, 0.3) is 0 Å². The van der Waals surface area contributed by atoms with E-state index >= 15 is 0 Å². The summed E-state index contributed by atoms with van der Waals surface area (Å²) in [6, 6.07) is 11.7.